The molecule has 0 aromatic carbocycles. The second-order valence-electron chi connectivity index (χ2n) is 3.03. The van der Waals surface area contributed by atoms with Crippen molar-refractivity contribution in [3.05, 3.63) is 0 Å². The third kappa shape index (κ3) is 0.951. The van der Waals surface area contributed by atoms with Crippen molar-refractivity contribution in [2.45, 2.75) is 30.8 Å². The molecule has 60 valence electrons. The van der Waals surface area contributed by atoms with E-state index in [1.807, 2.05) is 0 Å². The Morgan fingerprint density at radius 2 is 2.45 bits per heavy atom. The van der Waals surface area contributed by atoms with E-state index in [0.717, 1.165) is 6.42 Å². The molecule has 1 N–H and O–H groups in total. The SMILES string of the molecule is C#C[C@@]1(O)CC[C@H]2CO[C@H]1O2. The number of hydrogen-bond donors (Lipinski definition) is 1. The van der Waals surface area contributed by atoms with Crippen LogP contribution >= 0.6 is 0 Å². The molecular formula is C8H10O3. The highest BCUT2D eigenvalue weighted by Gasteiger charge is 2.47. The van der Waals surface area contributed by atoms with Crippen LogP contribution in [-0.4, -0.2) is 29.7 Å². The summed E-state index contributed by atoms with van der Waals surface area (Å²) in [6, 6.07) is 0. The summed E-state index contributed by atoms with van der Waals surface area (Å²) in [5, 5.41) is 9.68. The van der Waals surface area contributed by atoms with Crippen molar-refractivity contribution in [2.75, 3.05) is 6.61 Å². The van der Waals surface area contributed by atoms with E-state index in [4.69, 9.17) is 15.9 Å². The predicted molar refractivity (Wildman–Crippen MR) is 37.6 cm³/mol. The molecule has 0 aromatic heterocycles. The zero-order valence-electron chi connectivity index (χ0n) is 6.12. The molecule has 2 heterocycles. The maximum Gasteiger partial charge on any atom is 0.198 e. The molecule has 0 amide bonds. The average Bonchev–Trinajstić information content (AvgIpc) is 2.44. The van der Waals surface area contributed by atoms with Crippen LogP contribution in [0.25, 0.3) is 0 Å². The Morgan fingerprint density at radius 1 is 1.64 bits per heavy atom. The summed E-state index contributed by atoms with van der Waals surface area (Å²) in [5.74, 6) is 2.31. The van der Waals surface area contributed by atoms with E-state index >= 15 is 0 Å². The lowest BCUT2D eigenvalue weighted by molar-refractivity contribution is -0.184. The molecule has 2 rings (SSSR count). The molecule has 3 heteroatoms. The standard InChI is InChI=1S/C8H10O3/c1-2-8(9)4-3-6-5-10-7(8)11-6/h1,6-7,9H,3-5H2/t6-,7-,8+/m0/s1. The third-order valence-electron chi connectivity index (χ3n) is 2.24. The summed E-state index contributed by atoms with van der Waals surface area (Å²) in [5.41, 5.74) is -1.19. The van der Waals surface area contributed by atoms with Gasteiger partial charge < -0.3 is 14.6 Å². The summed E-state index contributed by atoms with van der Waals surface area (Å²) in [6.07, 6.45) is 6.09. The first-order chi connectivity index (χ1) is 5.24. The highest BCUT2D eigenvalue weighted by atomic mass is 16.7. The van der Waals surface area contributed by atoms with Gasteiger partial charge in [-0.2, -0.15) is 0 Å². The van der Waals surface area contributed by atoms with Crippen molar-refractivity contribution in [3.8, 4) is 12.3 Å². The Hall–Kier alpha value is -0.560. The minimum absolute atomic E-state index is 0.147. The van der Waals surface area contributed by atoms with E-state index in [1.165, 1.54) is 0 Å². The summed E-state index contributed by atoms with van der Waals surface area (Å²) in [4.78, 5) is 0. The molecule has 0 aromatic rings. The Bertz CT molecular complexity index is 208. The second kappa shape index (κ2) is 2.21. The minimum Gasteiger partial charge on any atom is -0.373 e. The smallest absolute Gasteiger partial charge is 0.198 e. The van der Waals surface area contributed by atoms with Crippen LogP contribution in [0.2, 0.25) is 0 Å². The fourth-order valence-corrected chi connectivity index (χ4v) is 1.49. The number of ether oxygens (including phenoxy) is 2. The van der Waals surface area contributed by atoms with Gasteiger partial charge in [0.2, 0.25) is 0 Å². The molecule has 2 aliphatic heterocycles. The topological polar surface area (TPSA) is 38.7 Å². The van der Waals surface area contributed by atoms with Crippen molar-refractivity contribution in [1.29, 1.82) is 0 Å². The highest BCUT2D eigenvalue weighted by Crippen LogP contribution is 2.34. The molecule has 11 heavy (non-hydrogen) atoms. The molecule has 0 radical (unpaired) electrons. The molecule has 2 aliphatic rings. The van der Waals surface area contributed by atoms with Gasteiger partial charge in [-0.25, -0.2) is 0 Å². The Labute approximate surface area is 65.3 Å². The maximum absolute atomic E-state index is 9.68. The lowest BCUT2D eigenvalue weighted by Gasteiger charge is -2.31. The van der Waals surface area contributed by atoms with Crippen LogP contribution < -0.4 is 0 Å². The van der Waals surface area contributed by atoms with Crippen LogP contribution in [0, 0.1) is 12.3 Å². The predicted octanol–water partition coefficient (Wildman–Crippen LogP) is -0.114. The summed E-state index contributed by atoms with van der Waals surface area (Å²) in [6.45, 7) is 0.564. The van der Waals surface area contributed by atoms with E-state index < -0.39 is 11.9 Å². The zero-order valence-corrected chi connectivity index (χ0v) is 6.12. The molecule has 3 nitrogen and oxygen atoms in total. The molecule has 2 bridgehead atoms. The fraction of sp³-hybridized carbons (Fsp3) is 0.750. The van der Waals surface area contributed by atoms with Gasteiger partial charge in [0.05, 0.1) is 12.7 Å². The highest BCUT2D eigenvalue weighted by molar-refractivity contribution is 5.12. The molecule has 0 spiro atoms. The minimum atomic E-state index is -1.19. The van der Waals surface area contributed by atoms with E-state index in [0.29, 0.717) is 13.0 Å². The molecule has 2 fully saturated rings. The second-order valence-corrected chi connectivity index (χ2v) is 3.03. The number of aliphatic hydroxyl groups is 1. The van der Waals surface area contributed by atoms with Crippen LogP contribution in [-0.2, 0) is 9.47 Å². The first-order valence-electron chi connectivity index (χ1n) is 3.72. The van der Waals surface area contributed by atoms with E-state index in [-0.39, 0.29) is 6.10 Å². The van der Waals surface area contributed by atoms with Crippen LogP contribution in [0.1, 0.15) is 12.8 Å². The Morgan fingerprint density at radius 3 is 3.18 bits per heavy atom. The third-order valence-corrected chi connectivity index (χ3v) is 2.24. The van der Waals surface area contributed by atoms with Crippen molar-refractivity contribution in [1.82, 2.24) is 0 Å². The molecule has 0 aliphatic carbocycles. The molecule has 0 saturated carbocycles. The first kappa shape index (κ1) is 7.11. The van der Waals surface area contributed by atoms with Crippen LogP contribution in [0.3, 0.4) is 0 Å². The summed E-state index contributed by atoms with van der Waals surface area (Å²) < 4.78 is 10.5. The van der Waals surface area contributed by atoms with Crippen LogP contribution in [0.5, 0.6) is 0 Å². The van der Waals surface area contributed by atoms with Gasteiger partial charge in [-0.05, 0) is 12.8 Å². The van der Waals surface area contributed by atoms with Crippen LogP contribution in [0.15, 0.2) is 0 Å². The van der Waals surface area contributed by atoms with Crippen molar-refractivity contribution in [3.63, 3.8) is 0 Å². The van der Waals surface area contributed by atoms with Gasteiger partial charge in [-0.3, -0.25) is 0 Å². The van der Waals surface area contributed by atoms with Gasteiger partial charge in [0.1, 0.15) is 0 Å². The number of rotatable bonds is 0. The van der Waals surface area contributed by atoms with Gasteiger partial charge in [-0.1, -0.05) is 5.92 Å². The largest absolute Gasteiger partial charge is 0.373 e. The number of terminal acetylenes is 1. The number of hydrogen-bond acceptors (Lipinski definition) is 3. The Kier molecular flexibility index (Phi) is 1.43. The molecular weight excluding hydrogens is 144 g/mol. The Balaban J connectivity index is 2.20. The normalized spacial score (nSPS) is 48.7. The first-order valence-corrected chi connectivity index (χ1v) is 3.72. The molecule has 0 unspecified atom stereocenters. The van der Waals surface area contributed by atoms with Crippen molar-refractivity contribution < 1.29 is 14.6 Å². The lowest BCUT2D eigenvalue weighted by atomic mass is 9.94. The van der Waals surface area contributed by atoms with E-state index in [1.54, 1.807) is 0 Å². The van der Waals surface area contributed by atoms with Crippen molar-refractivity contribution in [2.24, 2.45) is 0 Å². The monoisotopic (exact) mass is 154 g/mol. The number of fused-ring (bicyclic) bond motifs is 2. The van der Waals surface area contributed by atoms with Crippen molar-refractivity contribution >= 4 is 0 Å². The summed E-state index contributed by atoms with van der Waals surface area (Å²) in [7, 11) is 0. The molecule has 3 atom stereocenters. The van der Waals surface area contributed by atoms with Gasteiger partial charge >= 0.3 is 0 Å². The average molecular weight is 154 g/mol. The lowest BCUT2D eigenvalue weighted by Crippen LogP contribution is -2.45. The zero-order chi connectivity index (χ0) is 7.90. The van der Waals surface area contributed by atoms with Gasteiger partial charge in [0, 0.05) is 0 Å². The molecule has 2 saturated heterocycles. The van der Waals surface area contributed by atoms with E-state index in [9.17, 15) is 5.11 Å². The van der Waals surface area contributed by atoms with Gasteiger partial charge in [0.25, 0.3) is 0 Å². The van der Waals surface area contributed by atoms with Crippen LogP contribution in [0.4, 0.5) is 0 Å². The quantitative estimate of drug-likeness (QED) is 0.495. The fourth-order valence-electron chi connectivity index (χ4n) is 1.49. The summed E-state index contributed by atoms with van der Waals surface area (Å²) >= 11 is 0. The van der Waals surface area contributed by atoms with E-state index in [2.05, 4.69) is 5.92 Å². The van der Waals surface area contributed by atoms with Gasteiger partial charge in [-0.15, -0.1) is 6.42 Å². The maximum atomic E-state index is 9.68. The van der Waals surface area contributed by atoms with Gasteiger partial charge in [0.15, 0.2) is 11.9 Å².